The lowest BCUT2D eigenvalue weighted by Crippen LogP contribution is -2.31. The molecule has 0 saturated heterocycles. The molecule has 3 heterocycles. The van der Waals surface area contributed by atoms with Crippen LogP contribution in [0.3, 0.4) is 0 Å². The molecular formula is C20H19N3O3. The van der Waals surface area contributed by atoms with Crippen LogP contribution in [0.15, 0.2) is 41.5 Å². The van der Waals surface area contributed by atoms with E-state index in [4.69, 9.17) is 19.9 Å². The van der Waals surface area contributed by atoms with Crippen LogP contribution < -0.4 is 10.5 Å². The Morgan fingerprint density at radius 3 is 2.81 bits per heavy atom. The molecule has 0 saturated carbocycles. The molecule has 0 unspecified atom stereocenters. The van der Waals surface area contributed by atoms with E-state index in [0.717, 1.165) is 16.7 Å². The molecule has 2 aliphatic rings. The van der Waals surface area contributed by atoms with Crippen molar-refractivity contribution in [3.63, 3.8) is 0 Å². The van der Waals surface area contributed by atoms with Crippen LogP contribution in [0.4, 0.5) is 0 Å². The number of hydrogen-bond donors (Lipinski definition) is 1. The summed E-state index contributed by atoms with van der Waals surface area (Å²) < 4.78 is 16.8. The van der Waals surface area contributed by atoms with Crippen LogP contribution in [0.1, 0.15) is 30.5 Å². The molecule has 1 atom stereocenters. The number of nitrogens with zero attached hydrogens (tertiary/aromatic N) is 2. The Morgan fingerprint density at radius 1 is 1.27 bits per heavy atom. The lowest BCUT2D eigenvalue weighted by molar-refractivity contribution is 0.0742. The van der Waals surface area contributed by atoms with Gasteiger partial charge >= 0.3 is 0 Å². The van der Waals surface area contributed by atoms with Crippen molar-refractivity contribution in [3.05, 3.63) is 53.2 Å². The van der Waals surface area contributed by atoms with E-state index in [9.17, 15) is 0 Å². The largest absolute Gasteiger partial charge is 0.462 e. The van der Waals surface area contributed by atoms with Crippen LogP contribution in [0.2, 0.25) is 0 Å². The normalized spacial score (nSPS) is 20.2. The van der Waals surface area contributed by atoms with Crippen LogP contribution in [-0.2, 0) is 15.0 Å². The SMILES string of the molecule is COC(C)(C)C#Cc1cnc2c(c1)[C@@]1(COC(N)=N1)c1ccccc1O2. The van der Waals surface area contributed by atoms with E-state index in [1.807, 2.05) is 44.2 Å². The molecule has 0 bridgehead atoms. The second kappa shape index (κ2) is 5.75. The maximum Gasteiger partial charge on any atom is 0.283 e. The zero-order valence-electron chi connectivity index (χ0n) is 14.9. The van der Waals surface area contributed by atoms with Crippen LogP contribution in [0, 0.1) is 11.8 Å². The lowest BCUT2D eigenvalue weighted by atomic mass is 9.82. The molecule has 6 heteroatoms. The second-order valence-electron chi connectivity index (χ2n) is 6.74. The van der Waals surface area contributed by atoms with Crippen LogP contribution in [0.25, 0.3) is 0 Å². The Bertz CT molecular complexity index is 972. The highest BCUT2D eigenvalue weighted by Crippen LogP contribution is 2.49. The molecule has 4 rings (SSSR count). The Morgan fingerprint density at radius 2 is 2.08 bits per heavy atom. The number of amidine groups is 1. The van der Waals surface area contributed by atoms with Crippen molar-refractivity contribution < 1.29 is 14.2 Å². The first kappa shape index (κ1) is 16.4. The number of fused-ring (bicyclic) bond motifs is 4. The molecular weight excluding hydrogens is 330 g/mol. The van der Waals surface area contributed by atoms with Gasteiger partial charge in [-0.3, -0.25) is 0 Å². The minimum absolute atomic E-state index is 0.157. The number of methoxy groups -OCH3 is 1. The Balaban J connectivity index is 1.87. The van der Waals surface area contributed by atoms with Gasteiger partial charge in [0.1, 0.15) is 18.0 Å². The van der Waals surface area contributed by atoms with Gasteiger partial charge in [-0.1, -0.05) is 30.0 Å². The minimum atomic E-state index is -0.768. The summed E-state index contributed by atoms with van der Waals surface area (Å²) in [4.78, 5) is 9.07. The molecule has 2 N–H and O–H groups in total. The molecule has 26 heavy (non-hydrogen) atoms. The van der Waals surface area contributed by atoms with Crippen molar-refractivity contribution in [2.75, 3.05) is 13.7 Å². The number of aliphatic imine (C=N–C) groups is 1. The Kier molecular flexibility index (Phi) is 3.63. The molecule has 2 aromatic rings. The van der Waals surface area contributed by atoms with E-state index >= 15 is 0 Å². The smallest absolute Gasteiger partial charge is 0.283 e. The molecule has 1 aromatic heterocycles. The number of nitrogens with two attached hydrogens (primary N) is 1. The van der Waals surface area contributed by atoms with Gasteiger partial charge in [-0.05, 0) is 26.0 Å². The monoisotopic (exact) mass is 349 g/mol. The molecule has 6 nitrogen and oxygen atoms in total. The van der Waals surface area contributed by atoms with E-state index in [1.165, 1.54) is 0 Å². The lowest BCUT2D eigenvalue weighted by Gasteiger charge is -2.32. The fourth-order valence-corrected chi connectivity index (χ4v) is 3.03. The standard InChI is InChI=1S/C20H19N3O3/c1-19(2,24-3)9-8-13-10-15-17(22-11-13)26-16-7-5-4-6-14(16)20(15)12-25-18(21)23-20/h4-7,10-11H,12H2,1-3H3,(H2,21,23)/t20-/m1/s1. The third kappa shape index (κ3) is 2.57. The first-order valence-corrected chi connectivity index (χ1v) is 8.28. The Hall–Kier alpha value is -3.04. The predicted octanol–water partition coefficient (Wildman–Crippen LogP) is 2.55. The summed E-state index contributed by atoms with van der Waals surface area (Å²) in [5.41, 5.74) is 6.97. The molecule has 132 valence electrons. The number of para-hydroxylation sites is 1. The number of pyridine rings is 1. The highest BCUT2D eigenvalue weighted by Gasteiger charge is 2.47. The number of ether oxygens (including phenoxy) is 3. The molecule has 2 aliphatic heterocycles. The second-order valence-corrected chi connectivity index (χ2v) is 6.74. The average Bonchev–Trinajstić information content (AvgIpc) is 3.03. The molecule has 0 fully saturated rings. The van der Waals surface area contributed by atoms with E-state index < -0.39 is 11.1 Å². The summed E-state index contributed by atoms with van der Waals surface area (Å²) in [6.07, 6.45) is 1.68. The zero-order valence-corrected chi connectivity index (χ0v) is 14.9. The number of aromatic nitrogens is 1. The third-order valence-electron chi connectivity index (χ3n) is 4.58. The minimum Gasteiger partial charge on any atom is -0.462 e. The van der Waals surface area contributed by atoms with Gasteiger partial charge in [0.2, 0.25) is 5.88 Å². The number of rotatable bonds is 1. The maximum absolute atomic E-state index is 5.97. The van der Waals surface area contributed by atoms with Crippen LogP contribution in [0.5, 0.6) is 11.6 Å². The van der Waals surface area contributed by atoms with Crippen molar-refractivity contribution in [2.24, 2.45) is 10.7 Å². The summed E-state index contributed by atoms with van der Waals surface area (Å²) in [5.74, 6) is 7.40. The third-order valence-corrected chi connectivity index (χ3v) is 4.58. The highest BCUT2D eigenvalue weighted by atomic mass is 16.5. The Labute approximate surface area is 152 Å². The summed E-state index contributed by atoms with van der Waals surface area (Å²) in [7, 11) is 1.63. The fourth-order valence-electron chi connectivity index (χ4n) is 3.03. The number of benzene rings is 1. The first-order chi connectivity index (χ1) is 12.4. The van der Waals surface area contributed by atoms with E-state index in [0.29, 0.717) is 18.2 Å². The summed E-state index contributed by atoms with van der Waals surface area (Å²) in [5, 5.41) is 0. The summed E-state index contributed by atoms with van der Waals surface area (Å²) >= 11 is 0. The van der Waals surface area contributed by atoms with Crippen molar-refractivity contribution in [1.82, 2.24) is 4.98 Å². The molecule has 1 spiro atoms. The van der Waals surface area contributed by atoms with E-state index in [2.05, 4.69) is 21.8 Å². The van der Waals surface area contributed by atoms with Gasteiger partial charge < -0.3 is 19.9 Å². The molecule has 0 amide bonds. The van der Waals surface area contributed by atoms with E-state index in [-0.39, 0.29) is 6.02 Å². The van der Waals surface area contributed by atoms with Gasteiger partial charge in [0.15, 0.2) is 5.54 Å². The molecule has 0 aliphatic carbocycles. The van der Waals surface area contributed by atoms with Crippen molar-refractivity contribution >= 4 is 6.02 Å². The maximum atomic E-state index is 5.97. The fraction of sp³-hybridized carbons (Fsp3) is 0.300. The van der Waals surface area contributed by atoms with Gasteiger partial charge in [0.25, 0.3) is 6.02 Å². The van der Waals surface area contributed by atoms with Crippen LogP contribution >= 0.6 is 0 Å². The van der Waals surface area contributed by atoms with Gasteiger partial charge in [-0.25, -0.2) is 9.98 Å². The zero-order chi connectivity index (χ0) is 18.4. The highest BCUT2D eigenvalue weighted by molar-refractivity contribution is 5.76. The quantitative estimate of drug-likeness (QED) is 0.801. The van der Waals surface area contributed by atoms with Crippen molar-refractivity contribution in [1.29, 1.82) is 0 Å². The van der Waals surface area contributed by atoms with Gasteiger partial charge in [-0.2, -0.15) is 0 Å². The first-order valence-electron chi connectivity index (χ1n) is 8.28. The van der Waals surface area contributed by atoms with Gasteiger partial charge in [0.05, 0.1) is 5.56 Å². The topological polar surface area (TPSA) is 79.0 Å². The van der Waals surface area contributed by atoms with Gasteiger partial charge in [-0.15, -0.1) is 0 Å². The van der Waals surface area contributed by atoms with E-state index in [1.54, 1.807) is 13.3 Å². The van der Waals surface area contributed by atoms with Crippen molar-refractivity contribution in [3.8, 4) is 23.5 Å². The number of hydrogen-bond acceptors (Lipinski definition) is 6. The average molecular weight is 349 g/mol. The molecule has 0 radical (unpaired) electrons. The van der Waals surface area contributed by atoms with Gasteiger partial charge in [0, 0.05) is 24.4 Å². The van der Waals surface area contributed by atoms with Crippen molar-refractivity contribution in [2.45, 2.75) is 25.0 Å². The van der Waals surface area contributed by atoms with Crippen LogP contribution in [-0.4, -0.2) is 30.3 Å². The summed E-state index contributed by atoms with van der Waals surface area (Å²) in [6, 6.07) is 9.80. The molecule has 1 aromatic carbocycles. The summed E-state index contributed by atoms with van der Waals surface area (Å²) in [6.45, 7) is 4.11. The predicted molar refractivity (Wildman–Crippen MR) is 97.1 cm³/mol.